The minimum atomic E-state index is 0.473. The van der Waals surface area contributed by atoms with Crippen molar-refractivity contribution in [1.82, 2.24) is 19.7 Å². The third-order valence-corrected chi connectivity index (χ3v) is 5.41. The highest BCUT2D eigenvalue weighted by molar-refractivity contribution is 6.30. The van der Waals surface area contributed by atoms with Crippen LogP contribution in [0, 0.1) is 12.8 Å². The van der Waals surface area contributed by atoms with Crippen molar-refractivity contribution in [2.45, 2.75) is 26.2 Å². The van der Waals surface area contributed by atoms with Gasteiger partial charge in [0.25, 0.3) is 0 Å². The summed E-state index contributed by atoms with van der Waals surface area (Å²) in [7, 11) is 1.94. The van der Waals surface area contributed by atoms with Gasteiger partial charge in [0.15, 0.2) is 5.65 Å². The van der Waals surface area contributed by atoms with E-state index in [9.17, 15) is 0 Å². The SMILES string of the molecule is Cc1cc(N2CC[C@@H](c3ccc(Cl)cn3)[C@H](C)C2)c2cnn(C)c2n1. The van der Waals surface area contributed by atoms with E-state index in [4.69, 9.17) is 11.6 Å². The van der Waals surface area contributed by atoms with E-state index >= 15 is 0 Å². The number of halogens is 1. The van der Waals surface area contributed by atoms with E-state index in [0.29, 0.717) is 16.9 Å². The van der Waals surface area contributed by atoms with Crippen LogP contribution in [0.25, 0.3) is 11.0 Å². The molecule has 0 radical (unpaired) electrons. The van der Waals surface area contributed by atoms with E-state index in [-0.39, 0.29) is 0 Å². The fourth-order valence-corrected chi connectivity index (χ4v) is 4.00. The minimum absolute atomic E-state index is 0.473. The topological polar surface area (TPSA) is 46.8 Å². The molecule has 0 spiro atoms. The molecule has 0 amide bonds. The first kappa shape index (κ1) is 16.3. The van der Waals surface area contributed by atoms with E-state index in [1.165, 1.54) is 5.69 Å². The van der Waals surface area contributed by atoms with Crippen molar-refractivity contribution >= 4 is 28.3 Å². The molecular weight excluding hydrogens is 334 g/mol. The molecule has 0 saturated carbocycles. The van der Waals surface area contributed by atoms with E-state index in [0.717, 1.165) is 41.9 Å². The van der Waals surface area contributed by atoms with Crippen LogP contribution >= 0.6 is 11.6 Å². The summed E-state index contributed by atoms with van der Waals surface area (Å²) in [5.74, 6) is 0.989. The molecule has 0 aromatic carbocycles. The molecule has 5 nitrogen and oxygen atoms in total. The van der Waals surface area contributed by atoms with Crippen molar-refractivity contribution in [3.05, 3.63) is 47.0 Å². The number of rotatable bonds is 2. The minimum Gasteiger partial charge on any atom is -0.371 e. The number of hydrogen-bond donors (Lipinski definition) is 0. The summed E-state index contributed by atoms with van der Waals surface area (Å²) in [4.78, 5) is 11.6. The first-order valence-electron chi connectivity index (χ1n) is 8.68. The van der Waals surface area contributed by atoms with Gasteiger partial charge in [-0.25, -0.2) is 4.98 Å². The molecule has 0 bridgehead atoms. The second-order valence-corrected chi connectivity index (χ2v) is 7.44. The van der Waals surface area contributed by atoms with Gasteiger partial charge >= 0.3 is 0 Å². The number of aryl methyl sites for hydroxylation is 2. The maximum absolute atomic E-state index is 5.98. The summed E-state index contributed by atoms with van der Waals surface area (Å²) in [6.45, 7) is 6.36. The van der Waals surface area contributed by atoms with Gasteiger partial charge in [-0.15, -0.1) is 0 Å². The van der Waals surface area contributed by atoms with Gasteiger partial charge in [0, 0.05) is 43.6 Å². The zero-order chi connectivity index (χ0) is 17.6. The Bertz CT molecular complexity index is 902. The van der Waals surface area contributed by atoms with Crippen LogP contribution in [-0.2, 0) is 7.05 Å². The van der Waals surface area contributed by atoms with Gasteiger partial charge in [0.1, 0.15) is 0 Å². The van der Waals surface area contributed by atoms with Crippen molar-refractivity contribution in [3.63, 3.8) is 0 Å². The molecule has 4 rings (SSSR count). The molecule has 3 aromatic rings. The normalized spacial score (nSPS) is 21.0. The Labute approximate surface area is 152 Å². The van der Waals surface area contributed by atoms with E-state index in [1.807, 2.05) is 30.9 Å². The summed E-state index contributed by atoms with van der Waals surface area (Å²) in [6.07, 6.45) is 4.76. The quantitative estimate of drug-likeness (QED) is 0.698. The smallest absolute Gasteiger partial charge is 0.159 e. The van der Waals surface area contributed by atoms with Gasteiger partial charge < -0.3 is 4.90 Å². The molecule has 6 heteroatoms. The Hall–Kier alpha value is -2.14. The van der Waals surface area contributed by atoms with Crippen molar-refractivity contribution < 1.29 is 0 Å². The Balaban J connectivity index is 1.62. The summed E-state index contributed by atoms with van der Waals surface area (Å²) >= 11 is 5.98. The second-order valence-electron chi connectivity index (χ2n) is 7.01. The monoisotopic (exact) mass is 355 g/mol. The standard InChI is InChI=1S/C19H22ClN5/c1-12-11-25(7-6-15(12)17-5-4-14(20)9-21-17)18-8-13(2)23-19-16(18)10-22-24(19)3/h4-5,8-10,12,15H,6-7,11H2,1-3H3/t12-,15-/m1/s1. The van der Waals surface area contributed by atoms with Gasteiger partial charge in [0.05, 0.1) is 22.3 Å². The van der Waals surface area contributed by atoms with Crippen LogP contribution in [0.4, 0.5) is 5.69 Å². The first-order valence-corrected chi connectivity index (χ1v) is 9.06. The van der Waals surface area contributed by atoms with E-state index < -0.39 is 0 Å². The lowest BCUT2D eigenvalue weighted by Crippen LogP contribution is -2.38. The third-order valence-electron chi connectivity index (χ3n) is 5.19. The van der Waals surface area contributed by atoms with Gasteiger partial charge in [-0.1, -0.05) is 18.5 Å². The zero-order valence-corrected chi connectivity index (χ0v) is 15.5. The molecule has 0 unspecified atom stereocenters. The van der Waals surface area contributed by atoms with Gasteiger partial charge in [-0.3, -0.25) is 9.67 Å². The van der Waals surface area contributed by atoms with Crippen LogP contribution < -0.4 is 4.90 Å². The lowest BCUT2D eigenvalue weighted by molar-refractivity contribution is 0.377. The van der Waals surface area contributed by atoms with Crippen molar-refractivity contribution in [2.24, 2.45) is 13.0 Å². The number of aromatic nitrogens is 4. The molecule has 1 fully saturated rings. The van der Waals surface area contributed by atoms with Crippen LogP contribution in [0.5, 0.6) is 0 Å². The molecule has 4 heterocycles. The fourth-order valence-electron chi connectivity index (χ4n) is 3.89. The molecule has 3 aromatic heterocycles. The Morgan fingerprint density at radius 1 is 1.24 bits per heavy atom. The molecule has 1 saturated heterocycles. The number of piperidine rings is 1. The summed E-state index contributed by atoms with van der Waals surface area (Å²) in [6, 6.07) is 6.18. The highest BCUT2D eigenvalue weighted by atomic mass is 35.5. The van der Waals surface area contributed by atoms with Crippen molar-refractivity contribution in [2.75, 3.05) is 18.0 Å². The van der Waals surface area contributed by atoms with Gasteiger partial charge in [-0.2, -0.15) is 5.10 Å². The second kappa shape index (κ2) is 6.30. The molecule has 0 aliphatic carbocycles. The lowest BCUT2D eigenvalue weighted by Gasteiger charge is -2.38. The highest BCUT2D eigenvalue weighted by Gasteiger charge is 2.29. The molecule has 25 heavy (non-hydrogen) atoms. The van der Waals surface area contributed by atoms with Crippen LogP contribution in [0.2, 0.25) is 5.02 Å². The average molecular weight is 356 g/mol. The fraction of sp³-hybridized carbons (Fsp3) is 0.421. The molecule has 1 aliphatic heterocycles. The zero-order valence-electron chi connectivity index (χ0n) is 14.8. The lowest BCUT2D eigenvalue weighted by atomic mass is 9.84. The Morgan fingerprint density at radius 2 is 2.08 bits per heavy atom. The number of hydrogen-bond acceptors (Lipinski definition) is 4. The molecule has 130 valence electrons. The maximum atomic E-state index is 5.98. The van der Waals surface area contributed by atoms with Crippen LogP contribution in [0.3, 0.4) is 0 Å². The van der Waals surface area contributed by atoms with E-state index in [2.05, 4.69) is 39.0 Å². The molecule has 0 N–H and O–H groups in total. The van der Waals surface area contributed by atoms with E-state index in [1.54, 1.807) is 6.20 Å². The first-order chi connectivity index (χ1) is 12.0. The molecule has 1 aliphatic rings. The summed E-state index contributed by atoms with van der Waals surface area (Å²) in [5.41, 5.74) is 4.36. The molecule has 2 atom stereocenters. The summed E-state index contributed by atoms with van der Waals surface area (Å²) in [5, 5.41) is 6.21. The number of anilines is 1. The number of fused-ring (bicyclic) bond motifs is 1. The molecular formula is C19H22ClN5. The van der Waals surface area contributed by atoms with Crippen molar-refractivity contribution in [3.8, 4) is 0 Å². The summed E-state index contributed by atoms with van der Waals surface area (Å²) < 4.78 is 1.85. The highest BCUT2D eigenvalue weighted by Crippen LogP contribution is 2.36. The van der Waals surface area contributed by atoms with Crippen LogP contribution in [-0.4, -0.2) is 32.8 Å². The Kier molecular flexibility index (Phi) is 4.12. The number of pyridine rings is 2. The predicted molar refractivity (Wildman–Crippen MR) is 101 cm³/mol. The number of nitrogens with zero attached hydrogens (tertiary/aromatic N) is 5. The van der Waals surface area contributed by atoms with Gasteiger partial charge in [-0.05, 0) is 37.5 Å². The van der Waals surface area contributed by atoms with Crippen LogP contribution in [0.1, 0.15) is 30.7 Å². The Morgan fingerprint density at radius 3 is 2.80 bits per heavy atom. The van der Waals surface area contributed by atoms with Gasteiger partial charge in [0.2, 0.25) is 0 Å². The van der Waals surface area contributed by atoms with Crippen molar-refractivity contribution in [1.29, 1.82) is 0 Å². The third kappa shape index (κ3) is 2.97. The largest absolute Gasteiger partial charge is 0.371 e. The average Bonchev–Trinajstić information content (AvgIpc) is 2.96. The van der Waals surface area contributed by atoms with Crippen LogP contribution in [0.15, 0.2) is 30.6 Å². The predicted octanol–water partition coefficient (Wildman–Crippen LogP) is 3.96. The maximum Gasteiger partial charge on any atom is 0.159 e.